The molecule has 2 bridgehead atoms. The van der Waals surface area contributed by atoms with Crippen molar-refractivity contribution in [3.63, 3.8) is 0 Å². The first kappa shape index (κ1) is 11.9. The Morgan fingerprint density at radius 3 is 2.59 bits per heavy atom. The lowest BCUT2D eigenvalue weighted by Gasteiger charge is -2.36. The Labute approximate surface area is 105 Å². The number of rotatable bonds is 4. The van der Waals surface area contributed by atoms with Gasteiger partial charge in [-0.05, 0) is 45.1 Å². The average molecular weight is 238 g/mol. The highest BCUT2D eigenvalue weighted by Gasteiger charge is 2.38. The fourth-order valence-electron chi connectivity index (χ4n) is 3.77. The molecule has 3 rings (SSSR count). The molecular formula is C14H26N2O. The lowest BCUT2D eigenvalue weighted by atomic mass is 10.1. The summed E-state index contributed by atoms with van der Waals surface area (Å²) in [6.07, 6.45) is 9.07. The number of likely N-dealkylation sites (tertiary alicyclic amines) is 1. The number of fused-ring (bicyclic) bond motifs is 2. The van der Waals surface area contributed by atoms with Crippen molar-refractivity contribution in [3.05, 3.63) is 0 Å². The Hall–Kier alpha value is -0.120. The number of nitrogens with zero attached hydrogens (tertiary/aromatic N) is 1. The third-order valence-corrected chi connectivity index (χ3v) is 4.68. The molecule has 0 amide bonds. The lowest BCUT2D eigenvalue weighted by molar-refractivity contribution is -0.0520. The second kappa shape index (κ2) is 5.25. The van der Waals surface area contributed by atoms with Crippen LogP contribution >= 0.6 is 0 Å². The van der Waals surface area contributed by atoms with E-state index >= 15 is 0 Å². The second-order valence-electron chi connectivity index (χ2n) is 6.03. The van der Waals surface area contributed by atoms with Crippen molar-refractivity contribution < 1.29 is 4.74 Å². The zero-order chi connectivity index (χ0) is 11.7. The maximum atomic E-state index is 5.92. The SMILES string of the molecule is CCCNC1CCC(N2CC3CCC(C2)O3)C1. The molecule has 3 aliphatic rings. The fraction of sp³-hybridized carbons (Fsp3) is 1.00. The van der Waals surface area contributed by atoms with Gasteiger partial charge in [-0.1, -0.05) is 6.92 Å². The van der Waals surface area contributed by atoms with Gasteiger partial charge >= 0.3 is 0 Å². The van der Waals surface area contributed by atoms with Crippen LogP contribution < -0.4 is 5.32 Å². The molecule has 3 nitrogen and oxygen atoms in total. The van der Waals surface area contributed by atoms with Crippen LogP contribution in [0.15, 0.2) is 0 Å². The largest absolute Gasteiger partial charge is 0.372 e. The topological polar surface area (TPSA) is 24.5 Å². The van der Waals surface area contributed by atoms with Crippen LogP contribution in [0.25, 0.3) is 0 Å². The first-order valence-corrected chi connectivity index (χ1v) is 7.48. The van der Waals surface area contributed by atoms with Gasteiger partial charge in [0.1, 0.15) is 0 Å². The van der Waals surface area contributed by atoms with Crippen molar-refractivity contribution >= 4 is 0 Å². The summed E-state index contributed by atoms with van der Waals surface area (Å²) >= 11 is 0. The molecule has 0 radical (unpaired) electrons. The molecule has 2 aliphatic heterocycles. The Morgan fingerprint density at radius 1 is 1.12 bits per heavy atom. The molecule has 0 spiro atoms. The molecule has 1 saturated carbocycles. The summed E-state index contributed by atoms with van der Waals surface area (Å²) < 4.78 is 5.92. The minimum absolute atomic E-state index is 0.552. The molecule has 2 heterocycles. The van der Waals surface area contributed by atoms with E-state index in [-0.39, 0.29) is 0 Å². The van der Waals surface area contributed by atoms with E-state index in [1.54, 1.807) is 0 Å². The van der Waals surface area contributed by atoms with Gasteiger partial charge in [0.25, 0.3) is 0 Å². The van der Waals surface area contributed by atoms with Crippen molar-refractivity contribution in [2.75, 3.05) is 19.6 Å². The van der Waals surface area contributed by atoms with Crippen molar-refractivity contribution in [2.24, 2.45) is 0 Å². The van der Waals surface area contributed by atoms with E-state index in [4.69, 9.17) is 4.74 Å². The van der Waals surface area contributed by atoms with E-state index in [0.717, 1.165) is 12.1 Å². The van der Waals surface area contributed by atoms with E-state index in [1.165, 1.54) is 58.2 Å². The summed E-state index contributed by atoms with van der Waals surface area (Å²) in [6, 6.07) is 1.61. The Bertz CT molecular complexity index is 247. The van der Waals surface area contributed by atoms with Crippen molar-refractivity contribution in [3.8, 4) is 0 Å². The van der Waals surface area contributed by atoms with E-state index in [9.17, 15) is 0 Å². The van der Waals surface area contributed by atoms with E-state index in [0.29, 0.717) is 12.2 Å². The van der Waals surface area contributed by atoms with Crippen LogP contribution in [-0.4, -0.2) is 48.8 Å². The Kier molecular flexibility index (Phi) is 3.69. The van der Waals surface area contributed by atoms with Gasteiger partial charge in [-0.3, -0.25) is 4.90 Å². The van der Waals surface area contributed by atoms with Gasteiger partial charge in [-0.2, -0.15) is 0 Å². The van der Waals surface area contributed by atoms with Crippen LogP contribution in [0.1, 0.15) is 45.4 Å². The minimum atomic E-state index is 0.552. The van der Waals surface area contributed by atoms with Crippen LogP contribution in [0.3, 0.4) is 0 Å². The first-order valence-electron chi connectivity index (χ1n) is 7.48. The van der Waals surface area contributed by atoms with Crippen LogP contribution in [0.4, 0.5) is 0 Å². The number of hydrogen-bond donors (Lipinski definition) is 1. The summed E-state index contributed by atoms with van der Waals surface area (Å²) in [4.78, 5) is 2.72. The van der Waals surface area contributed by atoms with Gasteiger partial charge in [-0.15, -0.1) is 0 Å². The standard InChI is InChI=1S/C14H26N2O/c1-2-7-15-11-3-4-12(8-11)16-9-13-5-6-14(10-16)17-13/h11-15H,2-10H2,1H3. The Balaban J connectivity index is 1.49. The first-order chi connectivity index (χ1) is 8.35. The smallest absolute Gasteiger partial charge is 0.0707 e. The maximum absolute atomic E-state index is 5.92. The van der Waals surface area contributed by atoms with Crippen LogP contribution in [0.5, 0.6) is 0 Å². The van der Waals surface area contributed by atoms with E-state index in [2.05, 4.69) is 17.1 Å². The molecule has 3 fully saturated rings. The van der Waals surface area contributed by atoms with Gasteiger partial charge < -0.3 is 10.1 Å². The molecule has 2 saturated heterocycles. The molecule has 0 aromatic rings. The molecule has 0 aromatic heterocycles. The second-order valence-corrected chi connectivity index (χ2v) is 6.03. The van der Waals surface area contributed by atoms with E-state index < -0.39 is 0 Å². The number of nitrogens with one attached hydrogen (secondary N) is 1. The quantitative estimate of drug-likeness (QED) is 0.808. The average Bonchev–Trinajstić information content (AvgIpc) is 2.94. The number of morpholine rings is 1. The molecule has 17 heavy (non-hydrogen) atoms. The van der Waals surface area contributed by atoms with Crippen molar-refractivity contribution in [1.29, 1.82) is 0 Å². The molecule has 1 aliphatic carbocycles. The molecule has 4 atom stereocenters. The van der Waals surface area contributed by atoms with Crippen LogP contribution in [0.2, 0.25) is 0 Å². The summed E-state index contributed by atoms with van der Waals surface area (Å²) in [5.74, 6) is 0. The highest BCUT2D eigenvalue weighted by molar-refractivity contribution is 4.93. The highest BCUT2D eigenvalue weighted by atomic mass is 16.5. The van der Waals surface area contributed by atoms with Crippen LogP contribution in [0, 0.1) is 0 Å². The third-order valence-electron chi connectivity index (χ3n) is 4.68. The van der Waals surface area contributed by atoms with Gasteiger partial charge in [0.15, 0.2) is 0 Å². The third kappa shape index (κ3) is 2.67. The zero-order valence-corrected chi connectivity index (χ0v) is 11.0. The van der Waals surface area contributed by atoms with Gasteiger partial charge in [0, 0.05) is 25.2 Å². The summed E-state index contributed by atoms with van der Waals surface area (Å²) in [5.41, 5.74) is 0. The molecule has 98 valence electrons. The van der Waals surface area contributed by atoms with Crippen LogP contribution in [-0.2, 0) is 4.74 Å². The lowest BCUT2D eigenvalue weighted by Crippen LogP contribution is -2.47. The van der Waals surface area contributed by atoms with E-state index in [1.807, 2.05) is 0 Å². The predicted octanol–water partition coefficient (Wildman–Crippen LogP) is 1.77. The van der Waals surface area contributed by atoms with Crippen molar-refractivity contribution in [1.82, 2.24) is 10.2 Å². The Morgan fingerprint density at radius 2 is 1.88 bits per heavy atom. The monoisotopic (exact) mass is 238 g/mol. The van der Waals surface area contributed by atoms with Gasteiger partial charge in [0.2, 0.25) is 0 Å². The molecule has 0 aromatic carbocycles. The normalized spacial score (nSPS) is 42.2. The van der Waals surface area contributed by atoms with Gasteiger partial charge in [0.05, 0.1) is 12.2 Å². The summed E-state index contributed by atoms with van der Waals surface area (Å²) in [6.45, 7) is 5.83. The van der Waals surface area contributed by atoms with Crippen molar-refractivity contribution in [2.45, 2.75) is 69.7 Å². The predicted molar refractivity (Wildman–Crippen MR) is 69.2 cm³/mol. The number of hydrogen-bond acceptors (Lipinski definition) is 3. The zero-order valence-electron chi connectivity index (χ0n) is 11.0. The maximum Gasteiger partial charge on any atom is 0.0707 e. The highest BCUT2D eigenvalue weighted by Crippen LogP contribution is 2.32. The molecular weight excluding hydrogens is 212 g/mol. The molecule has 1 N–H and O–H groups in total. The summed E-state index contributed by atoms with van der Waals surface area (Å²) in [5, 5.41) is 3.68. The molecule has 4 unspecified atom stereocenters. The number of ether oxygens (including phenoxy) is 1. The van der Waals surface area contributed by atoms with Gasteiger partial charge in [-0.25, -0.2) is 0 Å². The summed E-state index contributed by atoms with van der Waals surface area (Å²) in [7, 11) is 0. The molecule has 3 heteroatoms. The fourth-order valence-corrected chi connectivity index (χ4v) is 3.77. The minimum Gasteiger partial charge on any atom is -0.372 e.